The minimum atomic E-state index is -0.475. The van der Waals surface area contributed by atoms with Crippen LogP contribution in [0.5, 0.6) is 0 Å². The fourth-order valence-electron chi connectivity index (χ4n) is 1.09. The van der Waals surface area contributed by atoms with Crippen molar-refractivity contribution in [3.05, 3.63) is 34.4 Å². The number of nitrogens with zero attached hydrogens (tertiary/aromatic N) is 1. The van der Waals surface area contributed by atoms with Crippen LogP contribution in [-0.2, 0) is 9.53 Å². The van der Waals surface area contributed by atoms with Crippen molar-refractivity contribution in [3.8, 4) is 0 Å². The highest BCUT2D eigenvalue weighted by Crippen LogP contribution is 2.30. The Morgan fingerprint density at radius 3 is 2.82 bits per heavy atom. The molecule has 1 atom stereocenters. The van der Waals surface area contributed by atoms with E-state index in [-0.39, 0.29) is 5.69 Å². The van der Waals surface area contributed by atoms with Crippen LogP contribution in [0, 0.1) is 10.1 Å². The van der Waals surface area contributed by atoms with E-state index < -0.39 is 15.7 Å². The average molecular weight is 320 g/mol. The Morgan fingerprint density at radius 1 is 1.59 bits per heavy atom. The van der Waals surface area contributed by atoms with E-state index in [1.165, 1.54) is 24.9 Å². The number of hydrogen-bond acceptors (Lipinski definition) is 5. The lowest BCUT2D eigenvalue weighted by molar-refractivity contribution is -0.387. The quantitative estimate of drug-likeness (QED) is 0.274. The molecule has 7 heteroatoms. The Morgan fingerprint density at radius 2 is 2.24 bits per heavy atom. The van der Waals surface area contributed by atoms with Gasteiger partial charge < -0.3 is 4.74 Å². The zero-order chi connectivity index (χ0) is 12.8. The Hall–Kier alpha value is -1.08. The summed E-state index contributed by atoms with van der Waals surface area (Å²) in [5, 5.41) is 10.7. The highest BCUT2D eigenvalue weighted by atomic mass is 79.9. The summed E-state index contributed by atoms with van der Waals surface area (Å²) in [7, 11) is 1.30. The van der Waals surface area contributed by atoms with Crippen LogP contribution < -0.4 is 0 Å². The minimum absolute atomic E-state index is 0.0436. The Kier molecular flexibility index (Phi) is 5.43. The van der Waals surface area contributed by atoms with Gasteiger partial charge in [-0.15, -0.1) is 11.8 Å². The van der Waals surface area contributed by atoms with Crippen LogP contribution in [0.25, 0.3) is 0 Å². The Bertz CT molecular complexity index is 427. The number of nitro benzene ring substituents is 1. The molecule has 1 rings (SSSR count). The minimum Gasteiger partial charge on any atom is -0.468 e. The van der Waals surface area contributed by atoms with Crippen molar-refractivity contribution in [2.24, 2.45) is 0 Å². The number of halogens is 1. The second-order valence-corrected chi connectivity index (χ2v) is 5.19. The largest absolute Gasteiger partial charge is 0.468 e. The molecule has 1 aromatic carbocycles. The summed E-state index contributed by atoms with van der Waals surface area (Å²) in [4.78, 5) is 21.5. The van der Waals surface area contributed by atoms with Crippen LogP contribution in [-0.4, -0.2) is 28.6 Å². The predicted octanol–water partition coefficient (Wildman–Crippen LogP) is 2.62. The molecular formula is C10H10BrNO4S. The molecule has 0 aromatic heterocycles. The van der Waals surface area contributed by atoms with E-state index in [1.807, 2.05) is 0 Å². The van der Waals surface area contributed by atoms with Gasteiger partial charge in [-0.2, -0.15) is 0 Å². The van der Waals surface area contributed by atoms with Gasteiger partial charge >= 0.3 is 5.97 Å². The third kappa shape index (κ3) is 4.01. The standard InChI is InChI=1S/C10H10BrNO4S/c1-16-10(13)7(11)6-17-9-5-3-2-4-8(9)12(14)15/h2-5,7H,6H2,1H3. The van der Waals surface area contributed by atoms with Crippen LogP contribution in [0.1, 0.15) is 0 Å². The summed E-state index contributed by atoms with van der Waals surface area (Å²) in [5.74, 6) is -0.0200. The van der Waals surface area contributed by atoms with Gasteiger partial charge in [0, 0.05) is 11.8 Å². The maximum atomic E-state index is 11.1. The zero-order valence-electron chi connectivity index (χ0n) is 8.96. The fraction of sp³-hybridized carbons (Fsp3) is 0.300. The monoisotopic (exact) mass is 319 g/mol. The normalized spacial score (nSPS) is 11.9. The summed E-state index contributed by atoms with van der Waals surface area (Å²) >= 11 is 4.40. The van der Waals surface area contributed by atoms with E-state index in [9.17, 15) is 14.9 Å². The third-order valence-electron chi connectivity index (χ3n) is 1.90. The van der Waals surface area contributed by atoms with Crippen molar-refractivity contribution in [1.82, 2.24) is 0 Å². The molecule has 92 valence electrons. The van der Waals surface area contributed by atoms with Gasteiger partial charge in [0.05, 0.1) is 16.9 Å². The predicted molar refractivity (Wildman–Crippen MR) is 68.6 cm³/mol. The number of rotatable bonds is 5. The first kappa shape index (κ1) is 14.0. The SMILES string of the molecule is COC(=O)C(Br)CSc1ccccc1[N+](=O)[O-]. The van der Waals surface area contributed by atoms with E-state index in [1.54, 1.807) is 18.2 Å². The van der Waals surface area contributed by atoms with Gasteiger partial charge in [-0.3, -0.25) is 14.9 Å². The molecular weight excluding hydrogens is 310 g/mol. The van der Waals surface area contributed by atoms with Crippen LogP contribution in [0.3, 0.4) is 0 Å². The van der Waals surface area contributed by atoms with E-state index >= 15 is 0 Å². The maximum absolute atomic E-state index is 11.1. The first-order valence-electron chi connectivity index (χ1n) is 4.64. The summed E-state index contributed by atoms with van der Waals surface area (Å²) < 4.78 is 4.55. The molecule has 0 heterocycles. The van der Waals surface area contributed by atoms with Crippen molar-refractivity contribution in [1.29, 1.82) is 0 Å². The van der Waals surface area contributed by atoms with E-state index in [0.717, 1.165) is 0 Å². The number of thioether (sulfide) groups is 1. The lowest BCUT2D eigenvalue weighted by Gasteiger charge is -2.07. The number of carbonyl (C=O) groups excluding carboxylic acids is 1. The number of carbonyl (C=O) groups is 1. The fourth-order valence-corrected chi connectivity index (χ4v) is 2.60. The summed E-state index contributed by atoms with van der Waals surface area (Å²) in [6, 6.07) is 6.41. The highest BCUT2D eigenvalue weighted by Gasteiger charge is 2.18. The van der Waals surface area contributed by atoms with Crippen molar-refractivity contribution < 1.29 is 14.5 Å². The number of alkyl halides is 1. The van der Waals surface area contributed by atoms with Crippen molar-refractivity contribution in [3.63, 3.8) is 0 Å². The number of nitro groups is 1. The molecule has 0 saturated heterocycles. The molecule has 0 aliphatic carbocycles. The molecule has 5 nitrogen and oxygen atoms in total. The number of hydrogen-bond donors (Lipinski definition) is 0. The lowest BCUT2D eigenvalue weighted by Crippen LogP contribution is -2.17. The molecule has 0 bridgehead atoms. The van der Waals surface area contributed by atoms with Crippen molar-refractivity contribution >= 4 is 39.3 Å². The highest BCUT2D eigenvalue weighted by molar-refractivity contribution is 9.10. The molecule has 17 heavy (non-hydrogen) atoms. The molecule has 1 unspecified atom stereocenters. The number of esters is 1. The molecule has 0 aliphatic rings. The van der Waals surface area contributed by atoms with Crippen LogP contribution in [0.4, 0.5) is 5.69 Å². The maximum Gasteiger partial charge on any atom is 0.320 e. The molecule has 0 spiro atoms. The third-order valence-corrected chi connectivity index (χ3v) is 4.19. The molecule has 0 saturated carbocycles. The Labute approximate surface area is 111 Å². The van der Waals surface area contributed by atoms with Crippen LogP contribution >= 0.6 is 27.7 Å². The first-order valence-corrected chi connectivity index (χ1v) is 6.54. The van der Waals surface area contributed by atoms with Gasteiger partial charge in [0.25, 0.3) is 5.69 Å². The number of para-hydroxylation sites is 1. The molecule has 0 N–H and O–H groups in total. The van der Waals surface area contributed by atoms with Crippen LogP contribution in [0.15, 0.2) is 29.2 Å². The summed E-state index contributed by atoms with van der Waals surface area (Å²) in [5.41, 5.74) is 0.0436. The smallest absolute Gasteiger partial charge is 0.320 e. The van der Waals surface area contributed by atoms with Crippen LogP contribution in [0.2, 0.25) is 0 Å². The van der Waals surface area contributed by atoms with Gasteiger partial charge in [-0.05, 0) is 6.07 Å². The van der Waals surface area contributed by atoms with E-state index in [2.05, 4.69) is 20.7 Å². The second kappa shape index (κ2) is 6.61. The lowest BCUT2D eigenvalue weighted by atomic mass is 10.3. The molecule has 0 aliphatic heterocycles. The summed E-state index contributed by atoms with van der Waals surface area (Å²) in [6.07, 6.45) is 0. The van der Waals surface area contributed by atoms with E-state index in [4.69, 9.17) is 0 Å². The average Bonchev–Trinajstić information content (AvgIpc) is 2.35. The topological polar surface area (TPSA) is 69.4 Å². The summed E-state index contributed by atoms with van der Waals surface area (Å²) in [6.45, 7) is 0. The van der Waals surface area contributed by atoms with Gasteiger partial charge in [-0.1, -0.05) is 28.1 Å². The van der Waals surface area contributed by atoms with Crippen molar-refractivity contribution in [2.75, 3.05) is 12.9 Å². The molecule has 0 fully saturated rings. The first-order chi connectivity index (χ1) is 8.06. The zero-order valence-corrected chi connectivity index (χ0v) is 11.4. The van der Waals surface area contributed by atoms with Gasteiger partial charge in [0.15, 0.2) is 0 Å². The number of ether oxygens (including phenoxy) is 1. The Balaban J connectivity index is 2.69. The second-order valence-electron chi connectivity index (χ2n) is 3.03. The molecule has 0 radical (unpaired) electrons. The molecule has 0 amide bonds. The van der Waals surface area contributed by atoms with Gasteiger partial charge in [-0.25, -0.2) is 0 Å². The van der Waals surface area contributed by atoms with E-state index in [0.29, 0.717) is 10.6 Å². The number of methoxy groups -OCH3 is 1. The van der Waals surface area contributed by atoms with Crippen molar-refractivity contribution in [2.45, 2.75) is 9.72 Å². The number of benzene rings is 1. The molecule has 1 aromatic rings. The van der Waals surface area contributed by atoms with Gasteiger partial charge in [0.2, 0.25) is 0 Å². The van der Waals surface area contributed by atoms with Gasteiger partial charge in [0.1, 0.15) is 4.83 Å².